The van der Waals surface area contributed by atoms with Crippen molar-refractivity contribution >= 4 is 27.5 Å². The van der Waals surface area contributed by atoms with E-state index < -0.39 is 5.82 Å². The van der Waals surface area contributed by atoms with Gasteiger partial charge >= 0.3 is 0 Å². The lowest BCUT2D eigenvalue weighted by Gasteiger charge is -2.10. The fourth-order valence-corrected chi connectivity index (χ4v) is 2.52. The summed E-state index contributed by atoms with van der Waals surface area (Å²) in [4.78, 5) is 11.9. The molecule has 0 aliphatic heterocycles. The van der Waals surface area contributed by atoms with Gasteiger partial charge in [-0.1, -0.05) is 17.7 Å². The number of benzene rings is 1. The Kier molecular flexibility index (Phi) is 3.88. The van der Waals surface area contributed by atoms with Gasteiger partial charge in [0.25, 0.3) is 5.56 Å². The molecule has 0 N–H and O–H groups in total. The largest absolute Gasteiger partial charge is 0.310 e. The Balaban J connectivity index is 2.50. The molecule has 2 rings (SSSR count). The summed E-state index contributed by atoms with van der Waals surface area (Å²) >= 11 is 9.13. The van der Waals surface area contributed by atoms with Gasteiger partial charge in [-0.05, 0) is 46.6 Å². The SMILES string of the molecule is Cc1cc(Br)c(=O)n(Cc2c(F)cccc2Cl)c1. The zero-order valence-corrected chi connectivity index (χ0v) is 11.9. The Hall–Kier alpha value is -1.13. The Labute approximate surface area is 117 Å². The summed E-state index contributed by atoms with van der Waals surface area (Å²) in [7, 11) is 0. The van der Waals surface area contributed by atoms with Gasteiger partial charge in [-0.25, -0.2) is 4.39 Å². The number of nitrogens with zero attached hydrogens (tertiary/aromatic N) is 1. The molecule has 0 aliphatic rings. The van der Waals surface area contributed by atoms with Crippen molar-refractivity contribution in [2.24, 2.45) is 0 Å². The minimum absolute atomic E-state index is 0.116. The number of hydrogen-bond acceptors (Lipinski definition) is 1. The number of pyridine rings is 1. The molecule has 1 aromatic heterocycles. The molecule has 0 spiro atoms. The molecular formula is C13H10BrClFNO. The molecule has 0 bridgehead atoms. The Morgan fingerprint density at radius 1 is 1.44 bits per heavy atom. The first-order chi connectivity index (χ1) is 8.49. The third-order valence-electron chi connectivity index (χ3n) is 2.57. The van der Waals surface area contributed by atoms with Crippen LogP contribution in [0.2, 0.25) is 5.02 Å². The molecule has 2 nitrogen and oxygen atoms in total. The van der Waals surface area contributed by atoms with Crippen LogP contribution in [0.5, 0.6) is 0 Å². The summed E-state index contributed by atoms with van der Waals surface area (Å²) in [5.41, 5.74) is 1.02. The van der Waals surface area contributed by atoms with E-state index in [2.05, 4.69) is 15.9 Å². The van der Waals surface area contributed by atoms with Gasteiger partial charge in [0.05, 0.1) is 11.0 Å². The topological polar surface area (TPSA) is 22.0 Å². The van der Waals surface area contributed by atoms with Gasteiger partial charge in [0.15, 0.2) is 0 Å². The molecule has 1 heterocycles. The fraction of sp³-hybridized carbons (Fsp3) is 0.154. The van der Waals surface area contributed by atoms with E-state index in [1.807, 2.05) is 6.92 Å². The van der Waals surface area contributed by atoms with E-state index in [0.29, 0.717) is 15.1 Å². The van der Waals surface area contributed by atoms with Crippen LogP contribution < -0.4 is 5.56 Å². The zero-order chi connectivity index (χ0) is 13.3. The molecule has 2 aromatic rings. The van der Waals surface area contributed by atoms with E-state index >= 15 is 0 Å². The lowest BCUT2D eigenvalue weighted by Crippen LogP contribution is -2.21. The molecule has 0 saturated heterocycles. The average Bonchev–Trinajstić information content (AvgIpc) is 2.30. The summed E-state index contributed by atoms with van der Waals surface area (Å²) in [6.07, 6.45) is 1.68. The molecular weight excluding hydrogens is 321 g/mol. The van der Waals surface area contributed by atoms with Gasteiger partial charge in [-0.3, -0.25) is 4.79 Å². The van der Waals surface area contributed by atoms with E-state index in [9.17, 15) is 9.18 Å². The first-order valence-electron chi connectivity index (χ1n) is 5.28. The van der Waals surface area contributed by atoms with Crippen molar-refractivity contribution in [2.45, 2.75) is 13.5 Å². The number of hydrogen-bond donors (Lipinski definition) is 0. The van der Waals surface area contributed by atoms with Crippen LogP contribution in [0.4, 0.5) is 4.39 Å². The standard InChI is InChI=1S/C13H10BrClFNO/c1-8-5-10(14)13(18)17(6-8)7-9-11(15)3-2-4-12(9)16/h2-6H,7H2,1H3. The summed E-state index contributed by atoms with van der Waals surface area (Å²) in [5, 5.41) is 0.319. The maximum Gasteiger partial charge on any atom is 0.265 e. The van der Waals surface area contributed by atoms with Gasteiger partial charge in [-0.2, -0.15) is 0 Å². The predicted molar refractivity (Wildman–Crippen MR) is 73.7 cm³/mol. The Morgan fingerprint density at radius 2 is 2.17 bits per heavy atom. The molecule has 5 heteroatoms. The number of aryl methyl sites for hydroxylation is 1. The van der Waals surface area contributed by atoms with Gasteiger partial charge in [0.2, 0.25) is 0 Å². The van der Waals surface area contributed by atoms with E-state index in [-0.39, 0.29) is 12.1 Å². The Bertz CT molecular complexity index is 634. The number of halogens is 3. The third kappa shape index (κ3) is 2.65. The molecule has 0 atom stereocenters. The molecule has 0 aliphatic carbocycles. The highest BCUT2D eigenvalue weighted by Crippen LogP contribution is 2.20. The molecule has 1 aromatic carbocycles. The van der Waals surface area contributed by atoms with Crippen molar-refractivity contribution in [3.8, 4) is 0 Å². The maximum absolute atomic E-state index is 13.7. The van der Waals surface area contributed by atoms with Crippen LogP contribution >= 0.6 is 27.5 Å². The van der Waals surface area contributed by atoms with Crippen molar-refractivity contribution < 1.29 is 4.39 Å². The van der Waals surface area contributed by atoms with E-state index in [0.717, 1.165) is 5.56 Å². The Morgan fingerprint density at radius 3 is 2.83 bits per heavy atom. The first-order valence-corrected chi connectivity index (χ1v) is 6.45. The normalized spacial score (nSPS) is 10.7. The smallest absolute Gasteiger partial charge is 0.265 e. The van der Waals surface area contributed by atoms with Crippen LogP contribution in [0.15, 0.2) is 39.7 Å². The molecule has 0 saturated carbocycles. The number of rotatable bonds is 2. The molecule has 94 valence electrons. The highest BCUT2D eigenvalue weighted by Gasteiger charge is 2.10. The van der Waals surface area contributed by atoms with Crippen LogP contribution in [-0.2, 0) is 6.54 Å². The minimum Gasteiger partial charge on any atom is -0.310 e. The lowest BCUT2D eigenvalue weighted by atomic mass is 10.2. The summed E-state index contributed by atoms with van der Waals surface area (Å²) in [6, 6.07) is 6.20. The molecule has 0 radical (unpaired) electrons. The lowest BCUT2D eigenvalue weighted by molar-refractivity contribution is 0.595. The van der Waals surface area contributed by atoms with Crippen LogP contribution in [0.25, 0.3) is 0 Å². The second kappa shape index (κ2) is 5.24. The van der Waals surface area contributed by atoms with Crippen LogP contribution in [0, 0.1) is 12.7 Å². The van der Waals surface area contributed by atoms with Crippen molar-refractivity contribution in [3.63, 3.8) is 0 Å². The van der Waals surface area contributed by atoms with Crippen molar-refractivity contribution in [2.75, 3.05) is 0 Å². The summed E-state index contributed by atoms with van der Waals surface area (Å²) < 4.78 is 15.5. The second-order valence-corrected chi connectivity index (χ2v) is 5.26. The molecule has 0 unspecified atom stereocenters. The quantitative estimate of drug-likeness (QED) is 0.822. The van der Waals surface area contributed by atoms with E-state index in [1.165, 1.54) is 16.7 Å². The fourth-order valence-electron chi connectivity index (χ4n) is 1.71. The zero-order valence-electron chi connectivity index (χ0n) is 9.58. The molecule has 0 fully saturated rings. The van der Waals surface area contributed by atoms with Crippen LogP contribution in [0.1, 0.15) is 11.1 Å². The monoisotopic (exact) mass is 329 g/mol. The van der Waals surface area contributed by atoms with Crippen molar-refractivity contribution in [3.05, 3.63) is 67.3 Å². The predicted octanol–water partition coefficient (Wildman–Crippen LogP) is 3.76. The number of aromatic nitrogens is 1. The van der Waals surface area contributed by atoms with Gasteiger partial charge in [0, 0.05) is 16.8 Å². The second-order valence-electron chi connectivity index (χ2n) is 4.00. The van der Waals surface area contributed by atoms with Crippen molar-refractivity contribution in [1.29, 1.82) is 0 Å². The van der Waals surface area contributed by atoms with Crippen LogP contribution in [0.3, 0.4) is 0 Å². The molecule has 18 heavy (non-hydrogen) atoms. The van der Waals surface area contributed by atoms with Gasteiger partial charge in [-0.15, -0.1) is 0 Å². The summed E-state index contributed by atoms with van der Waals surface area (Å²) in [5.74, 6) is -0.410. The van der Waals surface area contributed by atoms with Crippen molar-refractivity contribution in [1.82, 2.24) is 4.57 Å². The van der Waals surface area contributed by atoms with Gasteiger partial charge < -0.3 is 4.57 Å². The molecule has 0 amide bonds. The van der Waals surface area contributed by atoms with E-state index in [4.69, 9.17) is 11.6 Å². The van der Waals surface area contributed by atoms with E-state index in [1.54, 1.807) is 18.3 Å². The van der Waals surface area contributed by atoms with Gasteiger partial charge in [0.1, 0.15) is 5.82 Å². The minimum atomic E-state index is -0.410. The highest BCUT2D eigenvalue weighted by molar-refractivity contribution is 9.10. The maximum atomic E-state index is 13.7. The summed E-state index contributed by atoms with van der Waals surface area (Å²) in [6.45, 7) is 1.98. The van der Waals surface area contributed by atoms with Crippen LogP contribution in [-0.4, -0.2) is 4.57 Å². The first kappa shape index (κ1) is 13.3. The highest BCUT2D eigenvalue weighted by atomic mass is 79.9. The average molecular weight is 331 g/mol. The third-order valence-corrected chi connectivity index (χ3v) is 3.49.